The average Bonchev–Trinajstić information content (AvgIpc) is 2.35. The van der Waals surface area contributed by atoms with E-state index in [0.29, 0.717) is 12.0 Å². The fourth-order valence-corrected chi connectivity index (χ4v) is 1.83. The molecule has 0 fully saturated rings. The molecule has 0 bridgehead atoms. The van der Waals surface area contributed by atoms with Crippen molar-refractivity contribution in [3.05, 3.63) is 29.8 Å². The van der Waals surface area contributed by atoms with E-state index in [1.807, 2.05) is 12.1 Å². The van der Waals surface area contributed by atoms with E-state index < -0.39 is 0 Å². The fourth-order valence-electron chi connectivity index (χ4n) is 1.83. The Morgan fingerprint density at radius 1 is 1.12 bits per heavy atom. The van der Waals surface area contributed by atoms with Gasteiger partial charge in [-0.05, 0) is 42.9 Å². The zero-order valence-corrected chi connectivity index (χ0v) is 11.3. The molecule has 0 amide bonds. The van der Waals surface area contributed by atoms with Crippen LogP contribution in [0.1, 0.15) is 38.7 Å². The molecule has 0 saturated heterocycles. The van der Waals surface area contributed by atoms with Gasteiger partial charge in [-0.2, -0.15) is 0 Å². The number of rotatable bonds is 7. The first-order chi connectivity index (χ1) is 8.13. The minimum Gasteiger partial charge on any atom is -0.497 e. The van der Waals surface area contributed by atoms with E-state index in [9.17, 15) is 0 Å². The number of hydrogen-bond donors (Lipinski definition) is 1. The Balaban J connectivity index is 2.22. The number of aryl methyl sites for hydroxylation is 1. The summed E-state index contributed by atoms with van der Waals surface area (Å²) in [6, 6.07) is 8.68. The quantitative estimate of drug-likeness (QED) is 0.735. The van der Waals surface area contributed by atoms with Crippen molar-refractivity contribution in [2.45, 2.75) is 45.6 Å². The van der Waals surface area contributed by atoms with Gasteiger partial charge in [-0.1, -0.05) is 32.4 Å². The van der Waals surface area contributed by atoms with Gasteiger partial charge in [0.15, 0.2) is 0 Å². The molecule has 1 aromatic carbocycles. The Morgan fingerprint density at radius 3 is 2.29 bits per heavy atom. The van der Waals surface area contributed by atoms with Crippen LogP contribution in [-0.4, -0.2) is 13.2 Å². The summed E-state index contributed by atoms with van der Waals surface area (Å²) in [6.07, 6.45) is 4.70. The van der Waals surface area contributed by atoms with Crippen LogP contribution >= 0.6 is 0 Å². The molecule has 96 valence electrons. The zero-order chi connectivity index (χ0) is 12.7. The van der Waals surface area contributed by atoms with Crippen LogP contribution < -0.4 is 10.5 Å². The van der Waals surface area contributed by atoms with Gasteiger partial charge in [-0.25, -0.2) is 0 Å². The molecule has 1 unspecified atom stereocenters. The lowest BCUT2D eigenvalue weighted by molar-refractivity contribution is 0.414. The third-order valence-corrected chi connectivity index (χ3v) is 3.27. The molecule has 0 heterocycles. The number of unbranched alkanes of at least 4 members (excludes halogenated alkanes) is 1. The Kier molecular flexibility index (Phi) is 6.06. The van der Waals surface area contributed by atoms with Crippen LogP contribution in [0.5, 0.6) is 5.75 Å². The van der Waals surface area contributed by atoms with E-state index in [0.717, 1.165) is 18.6 Å². The topological polar surface area (TPSA) is 35.2 Å². The molecule has 0 aliphatic heterocycles. The van der Waals surface area contributed by atoms with Crippen molar-refractivity contribution in [2.24, 2.45) is 11.7 Å². The minimum atomic E-state index is 0.353. The van der Waals surface area contributed by atoms with Gasteiger partial charge < -0.3 is 10.5 Å². The van der Waals surface area contributed by atoms with Crippen molar-refractivity contribution in [1.82, 2.24) is 0 Å². The van der Waals surface area contributed by atoms with E-state index in [4.69, 9.17) is 10.5 Å². The molecule has 1 atom stereocenters. The molecular formula is C15H25NO. The molecule has 2 nitrogen and oxygen atoms in total. The third-order valence-electron chi connectivity index (χ3n) is 3.27. The first kappa shape index (κ1) is 14.0. The number of hydrogen-bond acceptors (Lipinski definition) is 2. The predicted octanol–water partition coefficient (Wildman–Crippen LogP) is 3.39. The van der Waals surface area contributed by atoms with E-state index in [1.54, 1.807) is 7.11 Å². The Morgan fingerprint density at radius 2 is 1.76 bits per heavy atom. The van der Waals surface area contributed by atoms with Crippen LogP contribution in [-0.2, 0) is 6.42 Å². The summed E-state index contributed by atoms with van der Waals surface area (Å²) in [5.74, 6) is 1.52. The van der Waals surface area contributed by atoms with Crippen molar-refractivity contribution < 1.29 is 4.74 Å². The van der Waals surface area contributed by atoms with Gasteiger partial charge >= 0.3 is 0 Å². The zero-order valence-electron chi connectivity index (χ0n) is 11.3. The van der Waals surface area contributed by atoms with Crippen molar-refractivity contribution >= 4 is 0 Å². The maximum Gasteiger partial charge on any atom is 0.118 e. The number of nitrogens with two attached hydrogens (primary N) is 1. The van der Waals surface area contributed by atoms with Gasteiger partial charge in [-0.15, -0.1) is 0 Å². The highest BCUT2D eigenvalue weighted by Gasteiger charge is 2.06. The molecule has 0 saturated carbocycles. The van der Waals surface area contributed by atoms with Crippen LogP contribution in [0.2, 0.25) is 0 Å². The van der Waals surface area contributed by atoms with Crippen molar-refractivity contribution in [1.29, 1.82) is 0 Å². The third kappa shape index (κ3) is 5.22. The Hall–Kier alpha value is -1.02. The van der Waals surface area contributed by atoms with E-state index in [1.165, 1.54) is 18.4 Å². The van der Waals surface area contributed by atoms with Gasteiger partial charge in [0.2, 0.25) is 0 Å². The monoisotopic (exact) mass is 235 g/mol. The van der Waals surface area contributed by atoms with Crippen LogP contribution in [0.25, 0.3) is 0 Å². The van der Waals surface area contributed by atoms with Crippen LogP contribution in [0.15, 0.2) is 24.3 Å². The maximum atomic E-state index is 6.02. The van der Waals surface area contributed by atoms with Gasteiger partial charge in [0.05, 0.1) is 7.11 Å². The standard InChI is InChI=1S/C15H25NO/c1-12(2)15(16)7-5-4-6-13-8-10-14(17-3)11-9-13/h8-12,15H,4-7,16H2,1-3H3. The lowest BCUT2D eigenvalue weighted by Gasteiger charge is -2.14. The molecule has 1 aromatic rings. The lowest BCUT2D eigenvalue weighted by Crippen LogP contribution is -2.25. The first-order valence-electron chi connectivity index (χ1n) is 6.52. The van der Waals surface area contributed by atoms with E-state index >= 15 is 0 Å². The molecular weight excluding hydrogens is 210 g/mol. The fraction of sp³-hybridized carbons (Fsp3) is 0.600. The first-order valence-corrected chi connectivity index (χ1v) is 6.52. The summed E-state index contributed by atoms with van der Waals surface area (Å²) in [4.78, 5) is 0. The van der Waals surface area contributed by atoms with Crippen molar-refractivity contribution in [3.63, 3.8) is 0 Å². The highest BCUT2D eigenvalue weighted by molar-refractivity contribution is 5.27. The maximum absolute atomic E-state index is 6.02. The lowest BCUT2D eigenvalue weighted by atomic mass is 9.98. The summed E-state index contributed by atoms with van der Waals surface area (Å²) >= 11 is 0. The highest BCUT2D eigenvalue weighted by Crippen LogP contribution is 2.14. The normalized spacial score (nSPS) is 12.8. The summed E-state index contributed by atoms with van der Waals surface area (Å²) in [5, 5.41) is 0. The SMILES string of the molecule is COc1ccc(CCCCC(N)C(C)C)cc1. The van der Waals surface area contributed by atoms with Gasteiger partial charge in [0.25, 0.3) is 0 Å². The minimum absolute atomic E-state index is 0.353. The molecule has 0 radical (unpaired) electrons. The van der Waals surface area contributed by atoms with Gasteiger partial charge in [0.1, 0.15) is 5.75 Å². The van der Waals surface area contributed by atoms with E-state index in [2.05, 4.69) is 26.0 Å². The molecule has 0 aliphatic carbocycles. The number of benzene rings is 1. The summed E-state index contributed by atoms with van der Waals surface area (Å²) in [7, 11) is 1.70. The summed E-state index contributed by atoms with van der Waals surface area (Å²) < 4.78 is 5.14. The largest absolute Gasteiger partial charge is 0.497 e. The summed E-state index contributed by atoms with van der Waals surface area (Å²) in [5.41, 5.74) is 7.40. The predicted molar refractivity (Wildman–Crippen MR) is 73.4 cm³/mol. The molecule has 1 rings (SSSR count). The number of ether oxygens (including phenoxy) is 1. The van der Waals surface area contributed by atoms with Crippen molar-refractivity contribution in [2.75, 3.05) is 7.11 Å². The van der Waals surface area contributed by atoms with E-state index in [-0.39, 0.29) is 0 Å². The second-order valence-corrected chi connectivity index (χ2v) is 5.00. The average molecular weight is 235 g/mol. The van der Waals surface area contributed by atoms with Crippen LogP contribution in [0.3, 0.4) is 0 Å². The molecule has 0 spiro atoms. The molecule has 0 aromatic heterocycles. The molecule has 2 N–H and O–H groups in total. The molecule has 2 heteroatoms. The Labute approximate surface area is 105 Å². The van der Waals surface area contributed by atoms with Gasteiger partial charge in [0, 0.05) is 6.04 Å². The highest BCUT2D eigenvalue weighted by atomic mass is 16.5. The smallest absolute Gasteiger partial charge is 0.118 e. The van der Waals surface area contributed by atoms with Crippen molar-refractivity contribution in [3.8, 4) is 5.75 Å². The summed E-state index contributed by atoms with van der Waals surface area (Å²) in [6.45, 7) is 4.38. The molecule has 0 aliphatic rings. The molecule has 17 heavy (non-hydrogen) atoms. The Bertz CT molecular complexity index is 305. The van der Waals surface area contributed by atoms with Crippen LogP contribution in [0, 0.1) is 5.92 Å². The number of methoxy groups -OCH3 is 1. The second-order valence-electron chi connectivity index (χ2n) is 5.00. The second kappa shape index (κ2) is 7.33. The van der Waals surface area contributed by atoms with Crippen LogP contribution in [0.4, 0.5) is 0 Å². The van der Waals surface area contributed by atoms with Gasteiger partial charge in [-0.3, -0.25) is 0 Å².